The molecule has 0 atom stereocenters. The molecule has 2 aromatic carbocycles. The predicted molar refractivity (Wildman–Crippen MR) is 89.6 cm³/mol. The third-order valence-corrected chi connectivity index (χ3v) is 5.28. The van der Waals surface area contributed by atoms with Gasteiger partial charge in [0.1, 0.15) is 5.75 Å². The molecule has 2 aliphatic rings. The van der Waals surface area contributed by atoms with Gasteiger partial charge in [0.05, 0.1) is 22.5 Å². The highest BCUT2D eigenvalue weighted by Crippen LogP contribution is 2.40. The molecular formula is C17H13N3O2S. The zero-order valence-corrected chi connectivity index (χ0v) is 13.0. The van der Waals surface area contributed by atoms with Crippen molar-refractivity contribution in [3.8, 4) is 5.75 Å². The number of rotatable bonds is 1. The van der Waals surface area contributed by atoms with Crippen molar-refractivity contribution >= 4 is 38.4 Å². The molecule has 0 radical (unpaired) electrons. The van der Waals surface area contributed by atoms with E-state index < -0.39 is 0 Å². The summed E-state index contributed by atoms with van der Waals surface area (Å²) >= 11 is 1.54. The number of carbonyl (C=O) groups excluding carboxylic acids is 1. The molecule has 5 nitrogen and oxygen atoms in total. The summed E-state index contributed by atoms with van der Waals surface area (Å²) in [5, 5.41) is 3.61. The maximum atomic E-state index is 12.4. The Morgan fingerprint density at radius 1 is 1.22 bits per heavy atom. The minimum Gasteiger partial charge on any atom is -0.493 e. The minimum atomic E-state index is -0.129. The number of hydrogen-bond donors (Lipinski definition) is 1. The highest BCUT2D eigenvalue weighted by molar-refractivity contribution is 7.22. The standard InChI is InChI=1S/C17H13N3O2S/c21-16-18-9-10-3-1-2-4-12(10)20(16)17-19-15-11-7-8-22-13(11)5-6-14(15)23-17/h1-6H,7-9H2,(H,18,21). The van der Waals surface area contributed by atoms with E-state index in [1.165, 1.54) is 11.3 Å². The number of fused-ring (bicyclic) bond motifs is 4. The second kappa shape index (κ2) is 4.70. The molecule has 23 heavy (non-hydrogen) atoms. The SMILES string of the molecule is O=C1NCc2ccccc2N1c1nc2c3c(ccc2s1)OCC3. The van der Waals surface area contributed by atoms with E-state index in [1.54, 1.807) is 4.90 Å². The van der Waals surface area contributed by atoms with E-state index >= 15 is 0 Å². The summed E-state index contributed by atoms with van der Waals surface area (Å²) < 4.78 is 6.69. The van der Waals surface area contributed by atoms with Crippen LogP contribution in [0, 0.1) is 0 Å². The van der Waals surface area contributed by atoms with E-state index in [1.807, 2.05) is 36.4 Å². The van der Waals surface area contributed by atoms with E-state index in [4.69, 9.17) is 9.72 Å². The lowest BCUT2D eigenvalue weighted by Gasteiger charge is -2.27. The lowest BCUT2D eigenvalue weighted by molar-refractivity contribution is 0.247. The average molecular weight is 323 g/mol. The molecule has 0 bridgehead atoms. The lowest BCUT2D eigenvalue weighted by atomic mass is 10.1. The molecule has 0 saturated heterocycles. The molecule has 0 fully saturated rings. The first-order chi connectivity index (χ1) is 11.3. The van der Waals surface area contributed by atoms with Crippen molar-refractivity contribution in [1.82, 2.24) is 10.3 Å². The number of urea groups is 1. The first-order valence-corrected chi connectivity index (χ1v) is 8.34. The Hall–Kier alpha value is -2.60. The van der Waals surface area contributed by atoms with Crippen LogP contribution in [0.25, 0.3) is 10.2 Å². The first-order valence-electron chi connectivity index (χ1n) is 7.52. The monoisotopic (exact) mass is 323 g/mol. The molecule has 0 saturated carbocycles. The average Bonchev–Trinajstić information content (AvgIpc) is 3.20. The molecule has 3 aromatic rings. The zero-order valence-electron chi connectivity index (χ0n) is 12.2. The van der Waals surface area contributed by atoms with E-state index in [2.05, 4.69) is 5.32 Å². The topological polar surface area (TPSA) is 54.5 Å². The fourth-order valence-electron chi connectivity index (χ4n) is 3.18. The predicted octanol–water partition coefficient (Wildman–Crippen LogP) is 3.59. The molecule has 2 amide bonds. The molecule has 114 valence electrons. The maximum absolute atomic E-state index is 12.4. The van der Waals surface area contributed by atoms with Crippen LogP contribution in [0.4, 0.5) is 15.6 Å². The van der Waals surface area contributed by atoms with Crippen LogP contribution in [0.5, 0.6) is 5.75 Å². The Morgan fingerprint density at radius 2 is 2.13 bits per heavy atom. The number of ether oxygens (including phenoxy) is 1. The Bertz CT molecular complexity index is 950. The van der Waals surface area contributed by atoms with E-state index in [-0.39, 0.29) is 6.03 Å². The maximum Gasteiger partial charge on any atom is 0.328 e. The van der Waals surface area contributed by atoms with Crippen molar-refractivity contribution in [2.75, 3.05) is 11.5 Å². The van der Waals surface area contributed by atoms with Crippen LogP contribution in [-0.2, 0) is 13.0 Å². The van der Waals surface area contributed by atoms with Gasteiger partial charge in [-0.1, -0.05) is 29.5 Å². The molecule has 5 rings (SSSR count). The van der Waals surface area contributed by atoms with Crippen molar-refractivity contribution in [3.63, 3.8) is 0 Å². The first kappa shape index (κ1) is 12.9. The Morgan fingerprint density at radius 3 is 3.09 bits per heavy atom. The molecule has 3 heterocycles. The van der Waals surface area contributed by atoms with Crippen LogP contribution in [0.3, 0.4) is 0 Å². The number of nitrogens with zero attached hydrogens (tertiary/aromatic N) is 2. The van der Waals surface area contributed by atoms with Gasteiger partial charge in [0, 0.05) is 18.5 Å². The van der Waals surface area contributed by atoms with Crippen molar-refractivity contribution < 1.29 is 9.53 Å². The quantitative estimate of drug-likeness (QED) is 0.744. The third-order valence-electron chi connectivity index (χ3n) is 4.28. The van der Waals surface area contributed by atoms with Crippen LogP contribution in [-0.4, -0.2) is 17.6 Å². The van der Waals surface area contributed by atoms with Gasteiger partial charge in [-0.2, -0.15) is 0 Å². The van der Waals surface area contributed by atoms with E-state index in [0.717, 1.165) is 39.2 Å². The number of aromatic nitrogens is 1. The van der Waals surface area contributed by atoms with Crippen LogP contribution in [0.1, 0.15) is 11.1 Å². The van der Waals surface area contributed by atoms with Gasteiger partial charge in [-0.3, -0.25) is 0 Å². The molecule has 2 aliphatic heterocycles. The van der Waals surface area contributed by atoms with Crippen molar-refractivity contribution in [2.24, 2.45) is 0 Å². The fourth-order valence-corrected chi connectivity index (χ4v) is 4.19. The summed E-state index contributed by atoms with van der Waals surface area (Å²) in [7, 11) is 0. The van der Waals surface area contributed by atoms with Crippen molar-refractivity contribution in [2.45, 2.75) is 13.0 Å². The smallest absolute Gasteiger partial charge is 0.328 e. The summed E-state index contributed by atoms with van der Waals surface area (Å²) in [5.74, 6) is 0.915. The summed E-state index contributed by atoms with van der Waals surface area (Å²) in [4.78, 5) is 18.9. The van der Waals surface area contributed by atoms with Gasteiger partial charge in [-0.15, -0.1) is 0 Å². The number of hydrogen-bond acceptors (Lipinski definition) is 4. The minimum absolute atomic E-state index is 0.129. The number of para-hydroxylation sites is 1. The number of benzene rings is 2. The highest BCUT2D eigenvalue weighted by Gasteiger charge is 2.28. The second-order valence-electron chi connectivity index (χ2n) is 5.61. The Kier molecular flexibility index (Phi) is 2.63. The van der Waals surface area contributed by atoms with Gasteiger partial charge in [-0.05, 0) is 23.8 Å². The number of carbonyl (C=O) groups is 1. The number of anilines is 2. The zero-order chi connectivity index (χ0) is 15.4. The van der Waals surface area contributed by atoms with Crippen LogP contribution in [0.2, 0.25) is 0 Å². The van der Waals surface area contributed by atoms with Gasteiger partial charge in [0.15, 0.2) is 5.13 Å². The molecule has 1 aromatic heterocycles. The van der Waals surface area contributed by atoms with Gasteiger partial charge in [-0.25, -0.2) is 14.7 Å². The normalized spacial score (nSPS) is 16.0. The van der Waals surface area contributed by atoms with Crippen LogP contribution in [0.15, 0.2) is 36.4 Å². The number of nitrogens with one attached hydrogen (secondary N) is 1. The molecular weight excluding hydrogens is 310 g/mol. The largest absolute Gasteiger partial charge is 0.493 e. The van der Waals surface area contributed by atoms with E-state index in [9.17, 15) is 4.79 Å². The van der Waals surface area contributed by atoms with Crippen LogP contribution >= 0.6 is 11.3 Å². The van der Waals surface area contributed by atoms with Gasteiger partial charge in [0.2, 0.25) is 0 Å². The molecule has 0 unspecified atom stereocenters. The summed E-state index contributed by atoms with van der Waals surface area (Å²) in [5.41, 5.74) is 4.11. The van der Waals surface area contributed by atoms with Gasteiger partial charge >= 0.3 is 6.03 Å². The summed E-state index contributed by atoms with van der Waals surface area (Å²) in [6, 6.07) is 11.8. The van der Waals surface area contributed by atoms with Crippen molar-refractivity contribution in [1.29, 1.82) is 0 Å². The number of thiazole rings is 1. The molecule has 0 spiro atoms. The lowest BCUT2D eigenvalue weighted by Crippen LogP contribution is -2.41. The van der Waals surface area contributed by atoms with E-state index in [0.29, 0.717) is 18.3 Å². The summed E-state index contributed by atoms with van der Waals surface area (Å²) in [6.45, 7) is 1.26. The molecule has 1 N–H and O–H groups in total. The second-order valence-corrected chi connectivity index (χ2v) is 6.62. The Labute approximate surface area is 136 Å². The van der Waals surface area contributed by atoms with Gasteiger partial charge < -0.3 is 10.1 Å². The summed E-state index contributed by atoms with van der Waals surface area (Å²) in [6.07, 6.45) is 0.874. The fraction of sp³-hybridized carbons (Fsp3) is 0.176. The van der Waals surface area contributed by atoms with Gasteiger partial charge in [0.25, 0.3) is 0 Å². The molecule has 6 heteroatoms. The highest BCUT2D eigenvalue weighted by atomic mass is 32.1. The Balaban J connectivity index is 1.70. The van der Waals surface area contributed by atoms with Crippen LogP contribution < -0.4 is 15.0 Å². The number of amides is 2. The third kappa shape index (κ3) is 1.85. The van der Waals surface area contributed by atoms with Crippen molar-refractivity contribution in [3.05, 3.63) is 47.5 Å². The molecule has 0 aliphatic carbocycles.